The number of carbonyl (C=O) groups is 4. The second kappa shape index (κ2) is 24.8. The molecule has 1 atom stereocenters. The van der Waals surface area contributed by atoms with Crippen molar-refractivity contribution in [2.45, 2.75) is 25.3 Å². The Kier molecular flexibility index (Phi) is 22.8. The van der Waals surface area contributed by atoms with Crippen LogP contribution < -0.4 is 21.3 Å². The number of nitrogens with one attached hydrogen (secondary N) is 4. The standard InChI is InChI=1S/C21H40N4O12/c26-18(17(25-21(31)32)3-1-2-4-23-19(27)28)22-5-7-33-9-11-35-13-15-37-16-14-36-12-10-34-8-6-24-20(29)30/h17,23-25H,1-16H2,(H,22,26)(H,27,28)(H,29,30)(H,31,32)/t17-/m1/s1. The largest absolute Gasteiger partial charge is 0.465 e. The van der Waals surface area contributed by atoms with E-state index in [9.17, 15) is 19.2 Å². The second-order valence-electron chi connectivity index (χ2n) is 7.31. The summed E-state index contributed by atoms with van der Waals surface area (Å²) in [5.41, 5.74) is 0. The smallest absolute Gasteiger partial charge is 0.405 e. The van der Waals surface area contributed by atoms with Crippen LogP contribution in [0.2, 0.25) is 0 Å². The molecule has 0 aliphatic heterocycles. The van der Waals surface area contributed by atoms with Crippen LogP contribution in [-0.2, 0) is 28.5 Å². The van der Waals surface area contributed by atoms with Crippen molar-refractivity contribution in [1.29, 1.82) is 0 Å². The number of amides is 4. The van der Waals surface area contributed by atoms with Crippen molar-refractivity contribution in [2.75, 3.05) is 85.7 Å². The molecule has 0 fully saturated rings. The van der Waals surface area contributed by atoms with Crippen LogP contribution in [0.5, 0.6) is 0 Å². The third-order valence-electron chi connectivity index (χ3n) is 4.37. The monoisotopic (exact) mass is 540 g/mol. The molecule has 0 radical (unpaired) electrons. The number of unbranched alkanes of at least 4 members (excludes halogenated alkanes) is 1. The molecule has 0 aromatic heterocycles. The van der Waals surface area contributed by atoms with E-state index in [2.05, 4.69) is 21.3 Å². The Labute approximate surface area is 215 Å². The summed E-state index contributed by atoms with van der Waals surface area (Å²) in [5, 5.41) is 34.9. The molecule has 0 saturated heterocycles. The second-order valence-corrected chi connectivity index (χ2v) is 7.31. The maximum atomic E-state index is 12.2. The number of hydrogen-bond donors (Lipinski definition) is 7. The van der Waals surface area contributed by atoms with Gasteiger partial charge in [-0.25, -0.2) is 14.4 Å². The summed E-state index contributed by atoms with van der Waals surface area (Å²) in [6.45, 7) is 4.13. The first kappa shape index (κ1) is 34.1. The normalized spacial score (nSPS) is 11.5. The minimum absolute atomic E-state index is 0.199. The van der Waals surface area contributed by atoms with Gasteiger partial charge in [-0.1, -0.05) is 0 Å². The Morgan fingerprint density at radius 3 is 1.35 bits per heavy atom. The Bertz CT molecular complexity index is 626. The van der Waals surface area contributed by atoms with E-state index in [0.717, 1.165) is 0 Å². The molecule has 0 saturated carbocycles. The van der Waals surface area contributed by atoms with Crippen molar-refractivity contribution in [3.63, 3.8) is 0 Å². The molecule has 4 amide bonds. The molecular formula is C21H40N4O12. The lowest BCUT2D eigenvalue weighted by Gasteiger charge is -2.16. The lowest BCUT2D eigenvalue weighted by atomic mass is 10.1. The summed E-state index contributed by atoms with van der Waals surface area (Å²) < 4.78 is 26.5. The zero-order valence-electron chi connectivity index (χ0n) is 20.9. The highest BCUT2D eigenvalue weighted by Crippen LogP contribution is 2.01. The summed E-state index contributed by atoms with van der Waals surface area (Å²) in [5.74, 6) is -0.477. The summed E-state index contributed by atoms with van der Waals surface area (Å²) in [7, 11) is 0. The van der Waals surface area contributed by atoms with Crippen molar-refractivity contribution in [3.05, 3.63) is 0 Å². The van der Waals surface area contributed by atoms with Crippen molar-refractivity contribution >= 4 is 24.2 Å². The number of hydrogen-bond acceptors (Lipinski definition) is 9. The van der Waals surface area contributed by atoms with Crippen LogP contribution in [0.15, 0.2) is 0 Å². The van der Waals surface area contributed by atoms with E-state index in [1.165, 1.54) is 0 Å². The van der Waals surface area contributed by atoms with Gasteiger partial charge in [0.25, 0.3) is 0 Å². The molecule has 0 aliphatic rings. The van der Waals surface area contributed by atoms with Gasteiger partial charge in [0.05, 0.1) is 66.1 Å². The Morgan fingerprint density at radius 1 is 0.514 bits per heavy atom. The fourth-order valence-corrected chi connectivity index (χ4v) is 2.67. The fourth-order valence-electron chi connectivity index (χ4n) is 2.67. The molecule has 0 bridgehead atoms. The van der Waals surface area contributed by atoms with Crippen LogP contribution in [0.1, 0.15) is 19.3 Å². The van der Waals surface area contributed by atoms with Gasteiger partial charge in [0.2, 0.25) is 5.91 Å². The maximum absolute atomic E-state index is 12.2. The molecule has 0 rings (SSSR count). The number of rotatable bonds is 25. The topological polar surface area (TPSA) is 223 Å². The first-order valence-corrected chi connectivity index (χ1v) is 11.9. The van der Waals surface area contributed by atoms with Crippen LogP contribution in [0, 0.1) is 0 Å². The highest BCUT2D eigenvalue weighted by Gasteiger charge is 2.19. The Hall–Kier alpha value is -2.92. The molecule has 0 aromatic rings. The molecule has 7 N–H and O–H groups in total. The van der Waals surface area contributed by atoms with Crippen LogP contribution in [0.25, 0.3) is 0 Å². The van der Waals surface area contributed by atoms with Gasteiger partial charge < -0.3 is 60.3 Å². The maximum Gasteiger partial charge on any atom is 0.405 e. The van der Waals surface area contributed by atoms with Gasteiger partial charge in [0.1, 0.15) is 6.04 Å². The molecule has 0 spiro atoms. The highest BCUT2D eigenvalue weighted by molar-refractivity contribution is 5.85. The van der Waals surface area contributed by atoms with E-state index < -0.39 is 30.2 Å². The molecule has 16 nitrogen and oxygen atoms in total. The SMILES string of the molecule is O=C(O)NCCCC[C@@H](NC(=O)O)C(=O)NCCOCCOCCOCCOCCOCCNC(=O)O. The zero-order chi connectivity index (χ0) is 27.6. The quantitative estimate of drug-likeness (QED) is 0.0730. The van der Waals surface area contributed by atoms with Crippen molar-refractivity contribution in [3.8, 4) is 0 Å². The molecule has 216 valence electrons. The number of carbonyl (C=O) groups excluding carboxylic acids is 1. The van der Waals surface area contributed by atoms with Crippen molar-refractivity contribution in [1.82, 2.24) is 21.3 Å². The van der Waals surface area contributed by atoms with Gasteiger partial charge >= 0.3 is 18.3 Å². The van der Waals surface area contributed by atoms with Gasteiger partial charge in [-0.15, -0.1) is 0 Å². The summed E-state index contributed by atoms with van der Waals surface area (Å²) in [4.78, 5) is 43.7. The van der Waals surface area contributed by atoms with E-state index in [1.54, 1.807) is 0 Å². The van der Waals surface area contributed by atoms with E-state index in [1.807, 2.05) is 0 Å². The average Bonchev–Trinajstić information content (AvgIpc) is 2.83. The highest BCUT2D eigenvalue weighted by atomic mass is 16.6. The fraction of sp³-hybridized carbons (Fsp3) is 0.810. The van der Waals surface area contributed by atoms with Crippen LogP contribution in [0.3, 0.4) is 0 Å². The Morgan fingerprint density at radius 2 is 0.919 bits per heavy atom. The van der Waals surface area contributed by atoms with Crippen LogP contribution >= 0.6 is 0 Å². The minimum Gasteiger partial charge on any atom is -0.465 e. The third kappa shape index (κ3) is 26.0. The molecule has 0 unspecified atom stereocenters. The van der Waals surface area contributed by atoms with Gasteiger partial charge in [0, 0.05) is 19.6 Å². The predicted molar refractivity (Wildman–Crippen MR) is 128 cm³/mol. The van der Waals surface area contributed by atoms with Gasteiger partial charge in [-0.2, -0.15) is 0 Å². The molecular weight excluding hydrogens is 500 g/mol. The van der Waals surface area contributed by atoms with Crippen LogP contribution in [-0.4, -0.2) is 131 Å². The van der Waals surface area contributed by atoms with Crippen molar-refractivity contribution in [2.24, 2.45) is 0 Å². The third-order valence-corrected chi connectivity index (χ3v) is 4.37. The van der Waals surface area contributed by atoms with E-state index in [-0.39, 0.29) is 39.3 Å². The lowest BCUT2D eigenvalue weighted by molar-refractivity contribution is -0.123. The number of carboxylic acid groups (broad SMARTS) is 3. The molecule has 37 heavy (non-hydrogen) atoms. The summed E-state index contributed by atoms with van der Waals surface area (Å²) >= 11 is 0. The first-order valence-electron chi connectivity index (χ1n) is 11.9. The lowest BCUT2D eigenvalue weighted by Crippen LogP contribution is -2.47. The molecule has 0 heterocycles. The van der Waals surface area contributed by atoms with E-state index in [0.29, 0.717) is 65.7 Å². The van der Waals surface area contributed by atoms with Gasteiger partial charge in [-0.05, 0) is 19.3 Å². The molecule has 16 heteroatoms. The van der Waals surface area contributed by atoms with Crippen LogP contribution in [0.4, 0.5) is 14.4 Å². The number of ether oxygens (including phenoxy) is 5. The predicted octanol–water partition coefficient (Wildman–Crippen LogP) is -0.473. The van der Waals surface area contributed by atoms with Crippen molar-refractivity contribution < 1.29 is 58.2 Å². The molecule has 0 aromatic carbocycles. The minimum atomic E-state index is -1.32. The van der Waals surface area contributed by atoms with Gasteiger partial charge in [0.15, 0.2) is 0 Å². The zero-order valence-corrected chi connectivity index (χ0v) is 20.9. The average molecular weight is 541 g/mol. The summed E-state index contributed by atoms with van der Waals surface area (Å²) in [6.07, 6.45) is -2.35. The van der Waals surface area contributed by atoms with E-state index in [4.69, 9.17) is 39.0 Å². The van der Waals surface area contributed by atoms with Gasteiger partial charge in [-0.3, -0.25) is 4.79 Å². The summed E-state index contributed by atoms with van der Waals surface area (Å²) in [6, 6.07) is -0.933. The molecule has 0 aliphatic carbocycles. The Balaban J connectivity index is 3.52. The van der Waals surface area contributed by atoms with E-state index >= 15 is 0 Å². The first-order chi connectivity index (χ1) is 17.8.